The number of hydrogen-bond acceptors (Lipinski definition) is 7. The molecule has 4 aromatic rings. The van der Waals surface area contributed by atoms with Crippen LogP contribution >= 0.6 is 0 Å². The Balaban J connectivity index is 0.000000163. The van der Waals surface area contributed by atoms with Crippen LogP contribution in [0.15, 0.2) is 60.9 Å². The third kappa shape index (κ3) is 5.47. The van der Waals surface area contributed by atoms with Crippen molar-refractivity contribution < 1.29 is 12.5 Å². The predicted octanol–water partition coefficient (Wildman–Crippen LogP) is 2.76. The van der Waals surface area contributed by atoms with Crippen molar-refractivity contribution in [2.45, 2.75) is 6.92 Å². The molecular weight excluding hydrogens is 399 g/mol. The van der Waals surface area contributed by atoms with Crippen LogP contribution in [0.1, 0.15) is 16.2 Å². The van der Waals surface area contributed by atoms with Crippen LogP contribution < -0.4 is 0 Å². The molecule has 0 spiro atoms. The van der Waals surface area contributed by atoms with Crippen LogP contribution in [0.2, 0.25) is 0 Å². The first-order valence-corrected chi connectivity index (χ1v) is 8.85. The second-order valence-electron chi connectivity index (χ2n) is 4.96. The number of fused-ring (bicyclic) bond motifs is 2. The Labute approximate surface area is 155 Å². The topological polar surface area (TPSA) is 103 Å². The Kier molecular flexibility index (Phi) is 7.42. The fraction of sp³-hybridized carbons (Fsp3) is 0.0556. The fourth-order valence-electron chi connectivity index (χ4n) is 2.10. The fourth-order valence-corrected chi connectivity index (χ4v) is 2.10. The van der Waals surface area contributed by atoms with Gasteiger partial charge in [-0.25, -0.2) is 4.98 Å². The van der Waals surface area contributed by atoms with Gasteiger partial charge >= 0.3 is 22.5 Å². The summed E-state index contributed by atoms with van der Waals surface area (Å²) in [7, 11) is 0. The predicted molar refractivity (Wildman–Crippen MR) is 96.3 cm³/mol. The molecule has 0 aliphatic carbocycles. The minimum absolute atomic E-state index is 0.440. The summed E-state index contributed by atoms with van der Waals surface area (Å²) in [5.74, 6) is 0. The Morgan fingerprint density at radius 3 is 1.88 bits per heavy atom. The zero-order valence-electron chi connectivity index (χ0n) is 13.8. The van der Waals surface area contributed by atoms with Gasteiger partial charge in [0.1, 0.15) is 5.69 Å². The number of aldehydes is 1. The van der Waals surface area contributed by atoms with Gasteiger partial charge in [0.15, 0.2) is 6.29 Å². The quantitative estimate of drug-likeness (QED) is 0.349. The molecule has 0 atom stereocenters. The molecular formula is C18H14N4O3Se. The van der Waals surface area contributed by atoms with Crippen molar-refractivity contribution in [3.05, 3.63) is 72.3 Å². The molecule has 0 saturated carbocycles. The summed E-state index contributed by atoms with van der Waals surface area (Å²) in [6, 6.07) is 14.9. The van der Waals surface area contributed by atoms with Gasteiger partial charge in [-0.05, 0) is 55.5 Å². The Bertz CT molecular complexity index is 1070. The van der Waals surface area contributed by atoms with Crippen LogP contribution in [0.5, 0.6) is 0 Å². The number of aromatic nitrogens is 4. The van der Waals surface area contributed by atoms with Gasteiger partial charge in [-0.3, -0.25) is 19.7 Å². The summed E-state index contributed by atoms with van der Waals surface area (Å²) < 4.78 is 16.9. The van der Waals surface area contributed by atoms with E-state index in [1.54, 1.807) is 30.6 Å². The average Bonchev–Trinajstić information content (AvgIpc) is 2.68. The van der Waals surface area contributed by atoms with E-state index in [0.29, 0.717) is 5.69 Å². The third-order valence-corrected chi connectivity index (χ3v) is 3.19. The normalized spacial score (nSPS) is 9.42. The number of carbonyl (C=O) groups excluding carboxylic acids is 1. The number of aryl methyl sites for hydroxylation is 1. The molecule has 0 radical (unpaired) electrons. The molecule has 26 heavy (non-hydrogen) atoms. The van der Waals surface area contributed by atoms with E-state index in [1.807, 2.05) is 37.3 Å². The summed E-state index contributed by atoms with van der Waals surface area (Å²) in [6.45, 7) is 1.98. The van der Waals surface area contributed by atoms with E-state index in [9.17, 15) is 4.79 Å². The van der Waals surface area contributed by atoms with Crippen LogP contribution in [-0.4, -0.2) is 41.0 Å². The number of rotatable bonds is 1. The summed E-state index contributed by atoms with van der Waals surface area (Å²) in [5, 5.41) is 0. The zero-order chi connectivity index (χ0) is 18.8. The van der Waals surface area contributed by atoms with Crippen molar-refractivity contribution in [2.75, 3.05) is 0 Å². The van der Waals surface area contributed by atoms with Crippen molar-refractivity contribution in [2.24, 2.45) is 0 Å². The van der Waals surface area contributed by atoms with E-state index in [4.69, 9.17) is 7.67 Å². The van der Waals surface area contributed by atoms with Crippen LogP contribution in [0.4, 0.5) is 0 Å². The van der Waals surface area contributed by atoms with E-state index >= 15 is 0 Å². The van der Waals surface area contributed by atoms with Gasteiger partial charge in [0, 0.05) is 18.1 Å². The Hall–Kier alpha value is -3.09. The van der Waals surface area contributed by atoms with Crippen molar-refractivity contribution in [3.63, 3.8) is 0 Å². The molecule has 0 unspecified atom stereocenters. The summed E-state index contributed by atoms with van der Waals surface area (Å²) in [5.41, 5.74) is 4.96. The molecule has 0 amide bonds. The second-order valence-corrected chi connectivity index (χ2v) is 5.24. The number of carbonyl (C=O) groups is 1. The molecule has 0 bridgehead atoms. The van der Waals surface area contributed by atoms with Crippen LogP contribution in [0.25, 0.3) is 22.1 Å². The molecule has 0 aliphatic heterocycles. The molecule has 0 N–H and O–H groups in total. The molecule has 0 fully saturated rings. The van der Waals surface area contributed by atoms with E-state index in [-0.39, 0.29) is 0 Å². The monoisotopic (exact) mass is 414 g/mol. The van der Waals surface area contributed by atoms with Crippen molar-refractivity contribution in [1.29, 1.82) is 0 Å². The summed E-state index contributed by atoms with van der Waals surface area (Å²) >= 11 is -1.62. The van der Waals surface area contributed by atoms with E-state index in [2.05, 4.69) is 19.9 Å². The summed E-state index contributed by atoms with van der Waals surface area (Å²) in [4.78, 5) is 27.0. The number of pyridine rings is 4. The van der Waals surface area contributed by atoms with Gasteiger partial charge in [-0.1, -0.05) is 0 Å². The van der Waals surface area contributed by atoms with E-state index in [0.717, 1.165) is 34.0 Å². The number of hydrogen-bond donors (Lipinski definition) is 0. The van der Waals surface area contributed by atoms with Crippen molar-refractivity contribution in [1.82, 2.24) is 19.9 Å². The minimum atomic E-state index is -1.62. The van der Waals surface area contributed by atoms with Crippen molar-refractivity contribution in [3.8, 4) is 0 Å². The first-order valence-electron chi connectivity index (χ1n) is 7.45. The third-order valence-electron chi connectivity index (χ3n) is 3.19. The van der Waals surface area contributed by atoms with Gasteiger partial charge in [-0.2, -0.15) is 0 Å². The van der Waals surface area contributed by atoms with Crippen LogP contribution in [0.3, 0.4) is 0 Å². The standard InChI is InChI=1S/C9H6N2O.C9H8N2.O2Se/c12-6-7-3-4-8-9(11-7)2-1-5-10-8;1-7-4-5-8-9(11-7)3-2-6-10-8;1-3-2/h1-6H;2-6H,1H3;. The molecule has 4 heterocycles. The van der Waals surface area contributed by atoms with Gasteiger partial charge in [0.05, 0.1) is 22.1 Å². The van der Waals surface area contributed by atoms with Gasteiger partial charge in [-0.15, -0.1) is 0 Å². The SMILES string of the molecule is Cc1ccc2ncccc2n1.O=Cc1ccc2ncccc2n1.O=[Se]=O. The molecule has 130 valence electrons. The maximum absolute atomic E-state index is 10.4. The molecule has 0 aliphatic rings. The Morgan fingerprint density at radius 1 is 0.769 bits per heavy atom. The van der Waals surface area contributed by atoms with Gasteiger partial charge in [0.25, 0.3) is 0 Å². The average molecular weight is 413 g/mol. The van der Waals surface area contributed by atoms with Gasteiger partial charge in [0.2, 0.25) is 0 Å². The molecule has 0 saturated heterocycles. The summed E-state index contributed by atoms with van der Waals surface area (Å²) in [6.07, 6.45) is 4.20. The van der Waals surface area contributed by atoms with Gasteiger partial charge < -0.3 is 0 Å². The maximum atomic E-state index is 10.4. The first kappa shape index (κ1) is 19.2. The molecule has 7 nitrogen and oxygen atoms in total. The zero-order valence-corrected chi connectivity index (χ0v) is 15.5. The number of nitrogens with zero attached hydrogens (tertiary/aromatic N) is 4. The van der Waals surface area contributed by atoms with E-state index in [1.165, 1.54) is 0 Å². The second kappa shape index (κ2) is 10.0. The molecule has 0 aromatic carbocycles. The van der Waals surface area contributed by atoms with Crippen molar-refractivity contribution >= 4 is 43.2 Å². The molecule has 4 rings (SSSR count). The molecule has 8 heteroatoms. The van der Waals surface area contributed by atoms with Crippen LogP contribution in [-0.2, 0) is 7.67 Å². The Morgan fingerprint density at radius 2 is 1.31 bits per heavy atom. The van der Waals surface area contributed by atoms with Crippen LogP contribution in [0, 0.1) is 6.92 Å². The first-order chi connectivity index (χ1) is 12.7. The van der Waals surface area contributed by atoms with E-state index < -0.39 is 14.8 Å². The molecule has 4 aromatic heterocycles.